The number of ether oxygens (including phenoxy) is 3. The zero-order valence-electron chi connectivity index (χ0n) is 13.8. The Morgan fingerprint density at radius 3 is 2.24 bits per heavy atom. The van der Waals surface area contributed by atoms with Crippen molar-refractivity contribution in [1.82, 2.24) is 0 Å². The van der Waals surface area contributed by atoms with Crippen LogP contribution < -0.4 is 0 Å². The summed E-state index contributed by atoms with van der Waals surface area (Å²) in [7, 11) is 2.58. The molecular weight excluding hydrogens is 320 g/mol. The number of carbonyl (C=O) groups excluding carboxylic acids is 2. The van der Waals surface area contributed by atoms with Crippen LogP contribution in [0.2, 0.25) is 0 Å². The average molecular weight is 336 g/mol. The maximum atomic E-state index is 12.7. The van der Waals surface area contributed by atoms with Gasteiger partial charge < -0.3 is 14.2 Å². The van der Waals surface area contributed by atoms with E-state index in [0.717, 1.165) is 16.7 Å². The fraction of sp³-hybridized carbons (Fsp3) is 0.200. The highest BCUT2D eigenvalue weighted by Crippen LogP contribution is 2.60. The summed E-state index contributed by atoms with van der Waals surface area (Å²) >= 11 is 0. The van der Waals surface area contributed by atoms with E-state index < -0.39 is 23.6 Å². The van der Waals surface area contributed by atoms with E-state index in [1.165, 1.54) is 14.2 Å². The molecule has 25 heavy (non-hydrogen) atoms. The molecule has 0 fully saturated rings. The van der Waals surface area contributed by atoms with Crippen molar-refractivity contribution in [2.24, 2.45) is 0 Å². The van der Waals surface area contributed by atoms with E-state index in [9.17, 15) is 9.59 Å². The Morgan fingerprint density at radius 1 is 0.920 bits per heavy atom. The van der Waals surface area contributed by atoms with Crippen LogP contribution >= 0.6 is 0 Å². The highest BCUT2D eigenvalue weighted by atomic mass is 16.6. The lowest BCUT2D eigenvalue weighted by molar-refractivity contribution is -0.139. The van der Waals surface area contributed by atoms with Gasteiger partial charge in [-0.3, -0.25) is 0 Å². The van der Waals surface area contributed by atoms with Crippen LogP contribution in [0.3, 0.4) is 0 Å². The molecule has 2 aromatic carbocycles. The van der Waals surface area contributed by atoms with E-state index in [4.69, 9.17) is 14.2 Å². The van der Waals surface area contributed by atoms with Crippen molar-refractivity contribution >= 4 is 11.9 Å². The van der Waals surface area contributed by atoms with E-state index >= 15 is 0 Å². The molecule has 2 aliphatic rings. The van der Waals surface area contributed by atoms with Crippen molar-refractivity contribution in [3.05, 3.63) is 82.4 Å². The monoisotopic (exact) mass is 336 g/mol. The van der Waals surface area contributed by atoms with Crippen LogP contribution in [0.1, 0.15) is 22.8 Å². The van der Waals surface area contributed by atoms with Gasteiger partial charge in [0.2, 0.25) is 0 Å². The number of rotatable bonds is 3. The fourth-order valence-electron chi connectivity index (χ4n) is 3.79. The second-order valence-corrected chi connectivity index (χ2v) is 5.90. The summed E-state index contributed by atoms with van der Waals surface area (Å²) in [5.41, 5.74) is 1.70. The number of hydrogen-bond acceptors (Lipinski definition) is 5. The van der Waals surface area contributed by atoms with Gasteiger partial charge >= 0.3 is 11.9 Å². The summed E-state index contributed by atoms with van der Waals surface area (Å²) < 4.78 is 16.2. The van der Waals surface area contributed by atoms with Crippen LogP contribution in [-0.4, -0.2) is 26.2 Å². The van der Waals surface area contributed by atoms with E-state index in [1.54, 1.807) is 0 Å². The second kappa shape index (κ2) is 5.57. The van der Waals surface area contributed by atoms with Gasteiger partial charge in [-0.25, -0.2) is 9.59 Å². The van der Waals surface area contributed by atoms with Crippen LogP contribution in [-0.2, 0) is 29.4 Å². The predicted molar refractivity (Wildman–Crippen MR) is 88.5 cm³/mol. The molecule has 0 radical (unpaired) electrons. The average Bonchev–Trinajstić information content (AvgIpc) is 3.20. The van der Waals surface area contributed by atoms with Gasteiger partial charge in [-0.05, 0) is 16.7 Å². The molecule has 5 nitrogen and oxygen atoms in total. The molecule has 2 aromatic rings. The van der Waals surface area contributed by atoms with Crippen molar-refractivity contribution < 1.29 is 23.8 Å². The number of fused-ring (bicyclic) bond motifs is 5. The molecular formula is C20H16O5. The van der Waals surface area contributed by atoms with Crippen molar-refractivity contribution in [2.75, 3.05) is 14.2 Å². The van der Waals surface area contributed by atoms with E-state index in [1.807, 2.05) is 54.6 Å². The van der Waals surface area contributed by atoms with Crippen molar-refractivity contribution in [2.45, 2.75) is 11.7 Å². The molecule has 0 amide bonds. The molecule has 2 unspecified atom stereocenters. The Morgan fingerprint density at radius 2 is 1.56 bits per heavy atom. The molecule has 0 N–H and O–H groups in total. The van der Waals surface area contributed by atoms with Gasteiger partial charge in [-0.1, -0.05) is 54.6 Å². The number of benzene rings is 2. The Balaban J connectivity index is 2.08. The topological polar surface area (TPSA) is 61.8 Å². The first kappa shape index (κ1) is 15.6. The molecule has 2 heterocycles. The highest BCUT2D eigenvalue weighted by molar-refractivity contribution is 6.05. The van der Waals surface area contributed by atoms with Gasteiger partial charge in [0.25, 0.3) is 0 Å². The minimum absolute atomic E-state index is 0.191. The van der Waals surface area contributed by atoms with Gasteiger partial charge in [0.05, 0.1) is 25.4 Å². The van der Waals surface area contributed by atoms with Crippen molar-refractivity contribution in [3.63, 3.8) is 0 Å². The Hall–Kier alpha value is -2.92. The SMILES string of the molecule is COC(=O)C1=C(C(=O)OC)C2(c3ccccc3)OC1c1ccccc12. The van der Waals surface area contributed by atoms with Gasteiger partial charge in [0.1, 0.15) is 6.10 Å². The molecule has 0 spiro atoms. The van der Waals surface area contributed by atoms with Crippen LogP contribution in [0.5, 0.6) is 0 Å². The lowest BCUT2D eigenvalue weighted by atomic mass is 9.74. The molecule has 126 valence electrons. The summed E-state index contributed by atoms with van der Waals surface area (Å²) in [5, 5.41) is 0. The lowest BCUT2D eigenvalue weighted by Gasteiger charge is -2.29. The molecule has 0 saturated heterocycles. The van der Waals surface area contributed by atoms with E-state index in [-0.39, 0.29) is 11.1 Å². The summed E-state index contributed by atoms with van der Waals surface area (Å²) in [4.78, 5) is 25.1. The minimum atomic E-state index is -1.17. The van der Waals surface area contributed by atoms with Crippen LogP contribution in [0.4, 0.5) is 0 Å². The number of carbonyl (C=O) groups is 2. The third-order valence-corrected chi connectivity index (χ3v) is 4.78. The number of esters is 2. The molecule has 2 atom stereocenters. The third kappa shape index (κ3) is 1.93. The third-order valence-electron chi connectivity index (χ3n) is 4.78. The molecule has 0 saturated carbocycles. The summed E-state index contributed by atoms with van der Waals surface area (Å²) in [6.07, 6.45) is -0.655. The first-order valence-corrected chi connectivity index (χ1v) is 7.89. The smallest absolute Gasteiger partial charge is 0.338 e. The number of hydrogen-bond donors (Lipinski definition) is 0. The quantitative estimate of drug-likeness (QED) is 0.807. The molecule has 0 aromatic heterocycles. The summed E-state index contributed by atoms with van der Waals surface area (Å²) in [5.74, 6) is -1.18. The normalized spacial score (nSPS) is 23.4. The molecule has 2 bridgehead atoms. The largest absolute Gasteiger partial charge is 0.466 e. The zero-order valence-corrected chi connectivity index (χ0v) is 13.8. The first-order valence-electron chi connectivity index (χ1n) is 7.89. The minimum Gasteiger partial charge on any atom is -0.466 e. The molecule has 0 aliphatic carbocycles. The molecule has 4 rings (SSSR count). The predicted octanol–water partition coefficient (Wildman–Crippen LogP) is 2.66. The van der Waals surface area contributed by atoms with Crippen LogP contribution in [0.15, 0.2) is 65.7 Å². The first-order chi connectivity index (χ1) is 12.1. The standard InChI is InChI=1S/C20H16O5/c1-23-18(21)15-16(19(22)24-2)20(12-8-4-3-5-9-12)14-11-7-6-10-13(14)17(15)25-20/h3-11,17H,1-2H3. The van der Waals surface area contributed by atoms with Crippen molar-refractivity contribution in [1.29, 1.82) is 0 Å². The fourth-order valence-corrected chi connectivity index (χ4v) is 3.79. The highest BCUT2D eigenvalue weighted by Gasteiger charge is 2.61. The van der Waals surface area contributed by atoms with E-state index in [0.29, 0.717) is 0 Å². The lowest BCUT2D eigenvalue weighted by Crippen LogP contribution is -2.33. The molecule has 5 heteroatoms. The van der Waals surface area contributed by atoms with E-state index in [2.05, 4.69) is 0 Å². The Kier molecular flexibility index (Phi) is 3.47. The van der Waals surface area contributed by atoms with Gasteiger partial charge in [0.15, 0.2) is 5.60 Å². The maximum Gasteiger partial charge on any atom is 0.338 e. The Labute approximate surface area is 144 Å². The molecule has 2 aliphatic heterocycles. The zero-order chi connectivity index (χ0) is 17.6. The summed E-state index contributed by atoms with van der Waals surface area (Å²) in [6.45, 7) is 0. The van der Waals surface area contributed by atoms with Gasteiger partial charge in [-0.2, -0.15) is 0 Å². The Bertz CT molecular complexity index is 899. The maximum absolute atomic E-state index is 12.7. The summed E-state index contributed by atoms with van der Waals surface area (Å²) in [6, 6.07) is 17.0. The van der Waals surface area contributed by atoms with Crippen molar-refractivity contribution in [3.8, 4) is 0 Å². The van der Waals surface area contributed by atoms with Crippen LogP contribution in [0.25, 0.3) is 0 Å². The van der Waals surface area contributed by atoms with Gasteiger partial charge in [-0.15, -0.1) is 0 Å². The number of methoxy groups -OCH3 is 2. The second-order valence-electron chi connectivity index (χ2n) is 5.90. The van der Waals surface area contributed by atoms with Gasteiger partial charge in [0, 0.05) is 0 Å². The van der Waals surface area contributed by atoms with Crippen LogP contribution in [0, 0.1) is 0 Å².